The molecule has 2 fully saturated rings. The minimum Gasteiger partial charge on any atom is -0.473 e. The number of carbonyl (C=O) groups is 2. The average molecular weight is 388 g/mol. The fourth-order valence-electron chi connectivity index (χ4n) is 4.27. The van der Waals surface area contributed by atoms with Crippen molar-refractivity contribution < 1.29 is 34.9 Å². The normalized spacial score (nSPS) is 32.4. The fourth-order valence-corrected chi connectivity index (χ4v) is 4.27. The standard InChI is InChI=1S/C16H30N2O3.C2H2O4/c1-15-6-4-13(3-2-9-19)11-16(15,20)7-5-14(15)12-18-21-10-8-17;3-1(4)2(5)6/h12-14,19-20H,2-11,17H2,1H3;(H,3,4)(H,5,6)/b18-12+;. The van der Waals surface area contributed by atoms with Crippen molar-refractivity contribution >= 4 is 18.2 Å². The topological polar surface area (TPSA) is 163 Å². The third-order valence-corrected chi connectivity index (χ3v) is 5.93. The molecule has 9 heteroatoms. The highest BCUT2D eigenvalue weighted by Crippen LogP contribution is 2.59. The first-order chi connectivity index (χ1) is 12.7. The van der Waals surface area contributed by atoms with Crippen LogP contribution in [0.2, 0.25) is 0 Å². The number of nitrogens with two attached hydrogens (primary N) is 1. The molecule has 0 aromatic carbocycles. The monoisotopic (exact) mass is 388 g/mol. The minimum atomic E-state index is -1.82. The maximum absolute atomic E-state index is 11.1. The van der Waals surface area contributed by atoms with Crippen molar-refractivity contribution in [2.75, 3.05) is 19.8 Å². The lowest BCUT2D eigenvalue weighted by molar-refractivity contribution is -0.159. The van der Waals surface area contributed by atoms with Gasteiger partial charge in [0.1, 0.15) is 6.61 Å². The summed E-state index contributed by atoms with van der Waals surface area (Å²) >= 11 is 0. The van der Waals surface area contributed by atoms with Gasteiger partial charge in [-0.3, -0.25) is 0 Å². The number of aliphatic carboxylic acids is 2. The van der Waals surface area contributed by atoms with Crippen LogP contribution in [0, 0.1) is 17.3 Å². The first kappa shape index (κ1) is 23.3. The van der Waals surface area contributed by atoms with E-state index < -0.39 is 17.5 Å². The molecule has 4 atom stereocenters. The predicted octanol–water partition coefficient (Wildman–Crippen LogP) is 0.823. The summed E-state index contributed by atoms with van der Waals surface area (Å²) in [5.41, 5.74) is 4.69. The number of fused-ring (bicyclic) bond motifs is 1. The molecule has 156 valence electrons. The Bertz CT molecular complexity index is 516. The van der Waals surface area contributed by atoms with Crippen LogP contribution in [-0.2, 0) is 14.4 Å². The van der Waals surface area contributed by atoms with E-state index >= 15 is 0 Å². The summed E-state index contributed by atoms with van der Waals surface area (Å²) in [6.45, 7) is 3.35. The molecule has 9 nitrogen and oxygen atoms in total. The van der Waals surface area contributed by atoms with Crippen LogP contribution in [0.1, 0.15) is 51.9 Å². The summed E-state index contributed by atoms with van der Waals surface area (Å²) in [5, 5.41) is 38.9. The van der Waals surface area contributed by atoms with Gasteiger partial charge in [-0.2, -0.15) is 0 Å². The zero-order valence-electron chi connectivity index (χ0n) is 15.8. The molecule has 0 spiro atoms. The smallest absolute Gasteiger partial charge is 0.414 e. The van der Waals surface area contributed by atoms with E-state index in [2.05, 4.69) is 12.1 Å². The van der Waals surface area contributed by atoms with Crippen molar-refractivity contribution in [1.29, 1.82) is 0 Å². The molecule has 0 heterocycles. The average Bonchev–Trinajstić information content (AvgIpc) is 2.88. The number of hydrogen-bond acceptors (Lipinski definition) is 7. The molecule has 2 aliphatic rings. The van der Waals surface area contributed by atoms with Gasteiger partial charge in [0.2, 0.25) is 0 Å². The minimum absolute atomic E-state index is 0.0989. The first-order valence-corrected chi connectivity index (χ1v) is 9.35. The molecule has 2 rings (SSSR count). The van der Waals surface area contributed by atoms with E-state index in [0.717, 1.165) is 44.9 Å². The highest BCUT2D eigenvalue weighted by molar-refractivity contribution is 6.27. The van der Waals surface area contributed by atoms with Crippen molar-refractivity contribution in [3.05, 3.63) is 0 Å². The molecule has 2 saturated carbocycles. The largest absolute Gasteiger partial charge is 0.473 e. The van der Waals surface area contributed by atoms with E-state index in [9.17, 15) is 5.11 Å². The van der Waals surface area contributed by atoms with Crippen LogP contribution in [0.15, 0.2) is 5.16 Å². The van der Waals surface area contributed by atoms with Gasteiger partial charge in [-0.15, -0.1) is 0 Å². The maximum Gasteiger partial charge on any atom is 0.414 e. The molecular formula is C18H32N2O7. The van der Waals surface area contributed by atoms with Crippen LogP contribution in [0.25, 0.3) is 0 Å². The quantitative estimate of drug-likeness (QED) is 0.185. The van der Waals surface area contributed by atoms with Gasteiger partial charge in [0, 0.05) is 30.7 Å². The first-order valence-electron chi connectivity index (χ1n) is 9.35. The van der Waals surface area contributed by atoms with E-state index in [4.69, 9.17) is 35.5 Å². The maximum atomic E-state index is 11.1. The van der Waals surface area contributed by atoms with Gasteiger partial charge < -0.3 is 31.0 Å². The van der Waals surface area contributed by atoms with Crippen molar-refractivity contribution in [2.24, 2.45) is 28.1 Å². The summed E-state index contributed by atoms with van der Waals surface area (Å²) in [7, 11) is 0. The summed E-state index contributed by atoms with van der Waals surface area (Å²) < 4.78 is 0. The zero-order valence-corrected chi connectivity index (χ0v) is 15.8. The Labute approximate surface area is 159 Å². The summed E-state index contributed by atoms with van der Waals surface area (Å²) in [5.74, 6) is -2.83. The lowest BCUT2D eigenvalue weighted by Crippen LogP contribution is -2.50. The van der Waals surface area contributed by atoms with Crippen molar-refractivity contribution in [3.8, 4) is 0 Å². The SMILES string of the molecule is CC12CCC(CCCO)CC1(O)CCC2/C=N/OCCN.O=C(O)C(=O)O. The second-order valence-corrected chi connectivity index (χ2v) is 7.56. The summed E-state index contributed by atoms with van der Waals surface area (Å²) in [6, 6.07) is 0. The van der Waals surface area contributed by atoms with Gasteiger partial charge in [-0.05, 0) is 50.9 Å². The van der Waals surface area contributed by atoms with Gasteiger partial charge in [0.05, 0.1) is 5.60 Å². The molecule has 0 aliphatic heterocycles. The predicted molar refractivity (Wildman–Crippen MR) is 98.2 cm³/mol. The van der Waals surface area contributed by atoms with Gasteiger partial charge in [-0.1, -0.05) is 12.1 Å². The van der Waals surface area contributed by atoms with Gasteiger partial charge in [-0.25, -0.2) is 9.59 Å². The second-order valence-electron chi connectivity index (χ2n) is 7.56. The molecule has 6 N–H and O–H groups in total. The molecule has 0 amide bonds. The number of aliphatic hydroxyl groups is 2. The van der Waals surface area contributed by atoms with Crippen LogP contribution < -0.4 is 5.73 Å². The number of rotatable bonds is 7. The Morgan fingerprint density at radius 3 is 2.48 bits per heavy atom. The van der Waals surface area contributed by atoms with Crippen LogP contribution in [0.5, 0.6) is 0 Å². The van der Waals surface area contributed by atoms with Crippen LogP contribution in [0.3, 0.4) is 0 Å². The van der Waals surface area contributed by atoms with Crippen LogP contribution in [0.4, 0.5) is 0 Å². The Hall–Kier alpha value is -1.71. The number of hydrogen-bond donors (Lipinski definition) is 5. The van der Waals surface area contributed by atoms with E-state index in [1.54, 1.807) is 0 Å². The van der Waals surface area contributed by atoms with E-state index in [1.165, 1.54) is 0 Å². The number of nitrogens with zero attached hydrogens (tertiary/aromatic N) is 1. The van der Waals surface area contributed by atoms with Crippen LogP contribution >= 0.6 is 0 Å². The number of oxime groups is 1. The number of carboxylic acids is 2. The lowest BCUT2D eigenvalue weighted by atomic mass is 9.60. The molecule has 0 bridgehead atoms. The van der Waals surface area contributed by atoms with Gasteiger partial charge in [0.15, 0.2) is 0 Å². The molecule has 0 saturated heterocycles. The molecule has 27 heavy (non-hydrogen) atoms. The third kappa shape index (κ3) is 6.15. The Morgan fingerprint density at radius 1 is 1.26 bits per heavy atom. The van der Waals surface area contributed by atoms with Crippen molar-refractivity contribution in [2.45, 2.75) is 57.5 Å². The highest BCUT2D eigenvalue weighted by atomic mass is 16.6. The molecule has 0 aromatic rings. The van der Waals surface area contributed by atoms with Crippen molar-refractivity contribution in [3.63, 3.8) is 0 Å². The van der Waals surface area contributed by atoms with E-state index in [0.29, 0.717) is 19.1 Å². The van der Waals surface area contributed by atoms with E-state index in [1.807, 2.05) is 6.21 Å². The Morgan fingerprint density at radius 2 is 1.93 bits per heavy atom. The summed E-state index contributed by atoms with van der Waals surface area (Å²) in [4.78, 5) is 23.3. The third-order valence-electron chi connectivity index (χ3n) is 5.93. The van der Waals surface area contributed by atoms with Crippen LogP contribution in [-0.4, -0.2) is 63.9 Å². The second kappa shape index (κ2) is 10.6. The van der Waals surface area contributed by atoms with E-state index in [-0.39, 0.29) is 17.9 Å². The molecule has 0 radical (unpaired) electrons. The molecular weight excluding hydrogens is 356 g/mol. The Balaban J connectivity index is 0.000000527. The van der Waals surface area contributed by atoms with Crippen molar-refractivity contribution in [1.82, 2.24) is 0 Å². The highest BCUT2D eigenvalue weighted by Gasteiger charge is 2.58. The number of carboxylic acid groups (broad SMARTS) is 2. The number of aliphatic hydroxyl groups excluding tert-OH is 1. The summed E-state index contributed by atoms with van der Waals surface area (Å²) in [6.07, 6.45) is 8.56. The van der Waals surface area contributed by atoms with Gasteiger partial charge in [0.25, 0.3) is 0 Å². The molecule has 2 aliphatic carbocycles. The fraction of sp³-hybridized carbons (Fsp3) is 0.833. The molecule has 4 unspecified atom stereocenters. The Kier molecular flexibility index (Phi) is 9.14. The molecule has 0 aromatic heterocycles. The zero-order chi connectivity index (χ0) is 20.5. The lowest BCUT2D eigenvalue weighted by Gasteiger charge is -2.48. The van der Waals surface area contributed by atoms with Gasteiger partial charge >= 0.3 is 11.9 Å².